The minimum absolute atomic E-state index is 0.371. The molecule has 2 aromatic heterocycles. The van der Waals surface area contributed by atoms with Crippen molar-refractivity contribution in [3.63, 3.8) is 0 Å². The smallest absolute Gasteiger partial charge is 0.149 e. The van der Waals surface area contributed by atoms with Crippen molar-refractivity contribution in [2.45, 2.75) is 30.6 Å². The summed E-state index contributed by atoms with van der Waals surface area (Å²) >= 11 is 6.18. The fourth-order valence-electron chi connectivity index (χ4n) is 6.90. The Bertz CT molecular complexity index is 1580. The van der Waals surface area contributed by atoms with Crippen molar-refractivity contribution in [3.8, 4) is 23.0 Å². The lowest BCUT2D eigenvalue weighted by atomic mass is 9.86. The van der Waals surface area contributed by atoms with Gasteiger partial charge in [-0.25, -0.2) is 0 Å². The summed E-state index contributed by atoms with van der Waals surface area (Å²) < 4.78 is 12.3. The molecular formula is C33H33ClN4O2. The van der Waals surface area contributed by atoms with Crippen LogP contribution in [0.25, 0.3) is 0 Å². The predicted octanol–water partition coefficient (Wildman–Crippen LogP) is 6.96. The van der Waals surface area contributed by atoms with Crippen LogP contribution in [0, 0.1) is 6.92 Å². The van der Waals surface area contributed by atoms with Gasteiger partial charge >= 0.3 is 0 Å². The molecule has 4 atom stereocenters. The molecule has 0 amide bonds. The summed E-state index contributed by atoms with van der Waals surface area (Å²) in [5.74, 6) is 5.38. The summed E-state index contributed by atoms with van der Waals surface area (Å²) in [6, 6.07) is 20.4. The van der Waals surface area contributed by atoms with Gasteiger partial charge in [-0.1, -0.05) is 23.7 Å². The number of aryl methyl sites for hydroxylation is 1. The summed E-state index contributed by atoms with van der Waals surface area (Å²) in [5, 5.41) is 0.763. The normalized spacial score (nSPS) is 24.3. The quantitative estimate of drug-likeness (QED) is 0.235. The Hall–Kier alpha value is -3.45. The summed E-state index contributed by atoms with van der Waals surface area (Å²) in [7, 11) is 4.34. The molecule has 0 radical (unpaired) electrons. The maximum atomic E-state index is 6.18. The van der Waals surface area contributed by atoms with Crippen LogP contribution >= 0.6 is 11.6 Å². The van der Waals surface area contributed by atoms with E-state index in [1.54, 1.807) is 0 Å². The van der Waals surface area contributed by atoms with Gasteiger partial charge in [0.15, 0.2) is 0 Å². The number of halogens is 1. The number of fused-ring (bicyclic) bond motifs is 10. The van der Waals surface area contributed by atoms with Crippen LogP contribution in [0.1, 0.15) is 51.7 Å². The molecule has 2 saturated heterocycles. The number of likely N-dealkylation sites (N-methyl/N-ethyl adjacent to an activating group) is 2. The van der Waals surface area contributed by atoms with E-state index in [0.717, 1.165) is 65.6 Å². The van der Waals surface area contributed by atoms with Crippen molar-refractivity contribution < 1.29 is 9.47 Å². The zero-order chi connectivity index (χ0) is 27.4. The number of rotatable bonds is 0. The number of pyridine rings is 2. The van der Waals surface area contributed by atoms with Crippen molar-refractivity contribution in [2.75, 3.05) is 40.3 Å². The second-order valence-corrected chi connectivity index (χ2v) is 12.0. The van der Waals surface area contributed by atoms with E-state index in [0.29, 0.717) is 23.7 Å². The third-order valence-corrected chi connectivity index (χ3v) is 8.92. The first kappa shape index (κ1) is 25.5. The van der Waals surface area contributed by atoms with E-state index in [2.05, 4.69) is 59.0 Å². The lowest BCUT2D eigenvalue weighted by molar-refractivity contribution is 0.400. The number of ether oxygens (including phenoxy) is 2. The van der Waals surface area contributed by atoms with Crippen LogP contribution in [0.15, 0.2) is 73.1 Å². The highest BCUT2D eigenvalue weighted by Gasteiger charge is 2.40. The van der Waals surface area contributed by atoms with Gasteiger partial charge in [-0.2, -0.15) is 0 Å². The van der Waals surface area contributed by atoms with Gasteiger partial charge in [0, 0.05) is 72.8 Å². The lowest BCUT2D eigenvalue weighted by Gasteiger charge is -2.16. The zero-order valence-electron chi connectivity index (χ0n) is 23.0. The van der Waals surface area contributed by atoms with Crippen LogP contribution in [0.4, 0.5) is 0 Å². The number of nitrogens with zero attached hydrogens (tertiary/aromatic N) is 4. The summed E-state index contributed by atoms with van der Waals surface area (Å²) in [6.45, 7) is 6.24. The van der Waals surface area contributed by atoms with Gasteiger partial charge in [-0.05, 0) is 80.7 Å². The molecule has 7 heteroatoms. The van der Waals surface area contributed by atoms with Gasteiger partial charge in [0.2, 0.25) is 0 Å². The first-order valence-corrected chi connectivity index (χ1v) is 14.3. The van der Waals surface area contributed by atoms with Crippen LogP contribution in [-0.2, 0) is 0 Å². The summed E-state index contributed by atoms with van der Waals surface area (Å²) in [5.41, 5.74) is 5.93. The number of likely N-dealkylation sites (tertiary alicyclic amines) is 2. The van der Waals surface area contributed by atoms with E-state index in [9.17, 15) is 0 Å². The monoisotopic (exact) mass is 552 g/mol. The molecule has 0 spiro atoms. The van der Waals surface area contributed by atoms with Gasteiger partial charge in [0.25, 0.3) is 0 Å². The van der Waals surface area contributed by atoms with Crippen LogP contribution in [0.3, 0.4) is 0 Å². The first-order chi connectivity index (χ1) is 19.4. The second kappa shape index (κ2) is 10.2. The van der Waals surface area contributed by atoms with E-state index < -0.39 is 0 Å². The highest BCUT2D eigenvalue weighted by atomic mass is 35.5. The molecule has 4 aromatic rings. The Labute approximate surface area is 240 Å². The Morgan fingerprint density at radius 3 is 1.88 bits per heavy atom. The zero-order valence-corrected chi connectivity index (χ0v) is 23.8. The standard InChI is InChI=1S/C17H18N2O.C16H15ClN2O/c1-11-5-6-12-13-9-19(2)10-14(13)17-15(4-3-7-18-17)20-16(12)8-11;1-19-8-12-11-7-10(17)4-5-14(11)20-15-3-2-6-18-16(15)13(12)9-19/h3-8,13-14H,9-10H2,1-2H3;2-7,12-13H,8-9H2,1H3/t13-,14+;12-,13-/m10/s1. The molecule has 4 aliphatic heterocycles. The Balaban J connectivity index is 0.000000132. The second-order valence-electron chi connectivity index (χ2n) is 11.6. The number of hydrogen-bond acceptors (Lipinski definition) is 6. The van der Waals surface area contributed by atoms with Crippen LogP contribution < -0.4 is 9.47 Å². The molecule has 0 aliphatic carbocycles. The molecule has 2 aromatic carbocycles. The van der Waals surface area contributed by atoms with Gasteiger partial charge in [0.05, 0.1) is 11.4 Å². The number of benzene rings is 2. The van der Waals surface area contributed by atoms with E-state index in [1.807, 2.05) is 54.9 Å². The average molecular weight is 553 g/mol. The lowest BCUT2D eigenvalue weighted by Crippen LogP contribution is -2.14. The van der Waals surface area contributed by atoms with E-state index in [1.165, 1.54) is 16.7 Å². The molecule has 204 valence electrons. The van der Waals surface area contributed by atoms with Gasteiger partial charge < -0.3 is 19.3 Å². The number of hydrogen-bond donors (Lipinski definition) is 0. The van der Waals surface area contributed by atoms with Crippen LogP contribution in [-0.4, -0.2) is 60.0 Å². The van der Waals surface area contributed by atoms with E-state index in [-0.39, 0.29) is 0 Å². The Morgan fingerprint density at radius 1 is 0.650 bits per heavy atom. The average Bonchev–Trinajstić information content (AvgIpc) is 3.46. The molecule has 2 fully saturated rings. The van der Waals surface area contributed by atoms with Crippen molar-refractivity contribution in [2.24, 2.45) is 0 Å². The van der Waals surface area contributed by atoms with E-state index >= 15 is 0 Å². The topological polar surface area (TPSA) is 50.7 Å². The van der Waals surface area contributed by atoms with Crippen LogP contribution in [0.5, 0.6) is 23.0 Å². The molecular weight excluding hydrogens is 520 g/mol. The predicted molar refractivity (Wildman–Crippen MR) is 157 cm³/mol. The summed E-state index contributed by atoms with van der Waals surface area (Å²) in [4.78, 5) is 13.9. The van der Waals surface area contributed by atoms with Gasteiger partial charge in [-0.3, -0.25) is 9.97 Å². The maximum absolute atomic E-state index is 6.18. The molecule has 6 nitrogen and oxygen atoms in total. The van der Waals surface area contributed by atoms with Gasteiger partial charge in [-0.15, -0.1) is 0 Å². The molecule has 0 saturated carbocycles. The first-order valence-electron chi connectivity index (χ1n) is 14.0. The third kappa shape index (κ3) is 4.54. The SMILES string of the molecule is CN1C[C@@H]2c3ncccc3Oc3ccc(Cl)cc3[C@@H]2C1.Cc1ccc2c(c1)Oc1cccnc1[C@H]1CN(C)C[C@H]21. The molecule has 0 unspecified atom stereocenters. The van der Waals surface area contributed by atoms with E-state index in [4.69, 9.17) is 21.1 Å². The highest BCUT2D eigenvalue weighted by Crippen LogP contribution is 2.50. The fourth-order valence-corrected chi connectivity index (χ4v) is 7.08. The van der Waals surface area contributed by atoms with Crippen molar-refractivity contribution in [1.82, 2.24) is 19.8 Å². The van der Waals surface area contributed by atoms with Crippen LogP contribution in [0.2, 0.25) is 5.02 Å². The molecule has 4 aliphatic rings. The number of aromatic nitrogens is 2. The van der Waals surface area contributed by atoms with Crippen molar-refractivity contribution >= 4 is 11.6 Å². The molecule has 0 bridgehead atoms. The van der Waals surface area contributed by atoms with Crippen molar-refractivity contribution in [3.05, 3.63) is 106 Å². The summed E-state index contributed by atoms with van der Waals surface area (Å²) in [6.07, 6.45) is 3.72. The third-order valence-electron chi connectivity index (χ3n) is 8.69. The molecule has 40 heavy (non-hydrogen) atoms. The molecule has 0 N–H and O–H groups in total. The minimum atomic E-state index is 0.371. The Kier molecular flexibility index (Phi) is 6.50. The van der Waals surface area contributed by atoms with Crippen molar-refractivity contribution in [1.29, 1.82) is 0 Å². The fraction of sp³-hybridized carbons (Fsp3) is 0.333. The molecule has 8 rings (SSSR count). The Morgan fingerprint density at radius 2 is 1.23 bits per heavy atom. The highest BCUT2D eigenvalue weighted by molar-refractivity contribution is 6.30. The maximum Gasteiger partial charge on any atom is 0.149 e. The molecule has 6 heterocycles. The van der Waals surface area contributed by atoms with Gasteiger partial charge in [0.1, 0.15) is 23.0 Å². The minimum Gasteiger partial charge on any atom is -0.455 e. The largest absolute Gasteiger partial charge is 0.455 e.